The average Bonchev–Trinajstić information content (AvgIpc) is 2.87. The molecule has 2 N–H and O–H groups in total. The lowest BCUT2D eigenvalue weighted by atomic mass is 9.97. The molecule has 0 aliphatic carbocycles. The molecule has 1 aromatic heterocycles. The highest BCUT2D eigenvalue weighted by Crippen LogP contribution is 2.33. The van der Waals surface area contributed by atoms with E-state index in [0.717, 1.165) is 16.6 Å². The van der Waals surface area contributed by atoms with Crippen LogP contribution in [0.15, 0.2) is 65.1 Å². The zero-order chi connectivity index (χ0) is 13.5. The topological polar surface area (TPSA) is 52.0 Å². The summed E-state index contributed by atoms with van der Waals surface area (Å²) in [7, 11) is 0. The SMILES string of the molecule is Nc1nc2c(-c3cccc4ccccc34)cccc2o1. The molecule has 0 saturated heterocycles. The van der Waals surface area contributed by atoms with Crippen LogP contribution in [0.4, 0.5) is 6.01 Å². The molecule has 0 atom stereocenters. The minimum absolute atomic E-state index is 0.202. The summed E-state index contributed by atoms with van der Waals surface area (Å²) in [6.07, 6.45) is 0. The molecule has 0 saturated carbocycles. The molecule has 20 heavy (non-hydrogen) atoms. The van der Waals surface area contributed by atoms with Gasteiger partial charge in [0.15, 0.2) is 5.58 Å². The van der Waals surface area contributed by atoms with E-state index in [-0.39, 0.29) is 6.01 Å². The molecular weight excluding hydrogens is 248 g/mol. The Labute approximate surface area is 115 Å². The lowest BCUT2D eigenvalue weighted by molar-refractivity contribution is 0.626. The first-order valence-electron chi connectivity index (χ1n) is 6.46. The van der Waals surface area contributed by atoms with E-state index in [9.17, 15) is 0 Å². The molecule has 1 heterocycles. The predicted molar refractivity (Wildman–Crippen MR) is 81.4 cm³/mol. The Morgan fingerprint density at radius 3 is 2.50 bits per heavy atom. The third kappa shape index (κ3) is 1.57. The van der Waals surface area contributed by atoms with E-state index in [4.69, 9.17) is 10.2 Å². The highest BCUT2D eigenvalue weighted by atomic mass is 16.4. The second-order valence-electron chi connectivity index (χ2n) is 4.73. The van der Waals surface area contributed by atoms with Crippen LogP contribution in [0.3, 0.4) is 0 Å². The highest BCUT2D eigenvalue weighted by Gasteiger charge is 2.11. The van der Waals surface area contributed by atoms with Crippen LogP contribution in [0.2, 0.25) is 0 Å². The Kier molecular flexibility index (Phi) is 2.27. The molecule has 3 nitrogen and oxygen atoms in total. The molecule has 0 spiro atoms. The van der Waals surface area contributed by atoms with Crippen molar-refractivity contribution in [3.8, 4) is 11.1 Å². The van der Waals surface area contributed by atoms with Crippen molar-refractivity contribution in [2.45, 2.75) is 0 Å². The summed E-state index contributed by atoms with van der Waals surface area (Å²) >= 11 is 0. The number of fused-ring (bicyclic) bond motifs is 2. The van der Waals surface area contributed by atoms with Gasteiger partial charge in [0.1, 0.15) is 5.52 Å². The summed E-state index contributed by atoms with van der Waals surface area (Å²) < 4.78 is 5.41. The first kappa shape index (κ1) is 11.1. The maximum Gasteiger partial charge on any atom is 0.293 e. The van der Waals surface area contributed by atoms with Gasteiger partial charge in [0, 0.05) is 5.56 Å². The van der Waals surface area contributed by atoms with E-state index in [1.165, 1.54) is 10.8 Å². The first-order chi connectivity index (χ1) is 9.83. The zero-order valence-electron chi connectivity index (χ0n) is 10.7. The van der Waals surface area contributed by atoms with Crippen molar-refractivity contribution in [3.63, 3.8) is 0 Å². The van der Waals surface area contributed by atoms with E-state index < -0.39 is 0 Å². The number of nitrogen functional groups attached to an aromatic ring is 1. The summed E-state index contributed by atoms with van der Waals surface area (Å²) in [6.45, 7) is 0. The standard InChI is InChI=1S/C17H12N2O/c18-17-19-16-14(9-4-10-15(16)20-17)13-8-3-6-11-5-1-2-7-12(11)13/h1-10H,(H2,18,19). The van der Waals surface area contributed by atoms with E-state index >= 15 is 0 Å². The molecular formula is C17H12N2O. The molecule has 0 aliphatic rings. The Bertz CT molecular complexity index is 919. The number of hydrogen-bond donors (Lipinski definition) is 1. The lowest BCUT2D eigenvalue weighted by Gasteiger charge is -2.06. The molecule has 0 amide bonds. The van der Waals surface area contributed by atoms with Gasteiger partial charge < -0.3 is 10.2 Å². The number of rotatable bonds is 1. The highest BCUT2D eigenvalue weighted by molar-refractivity contribution is 6.03. The van der Waals surface area contributed by atoms with Crippen LogP contribution in [0.5, 0.6) is 0 Å². The van der Waals surface area contributed by atoms with E-state index in [1.807, 2.05) is 30.3 Å². The van der Waals surface area contributed by atoms with Crippen LogP contribution in [-0.2, 0) is 0 Å². The summed E-state index contributed by atoms with van der Waals surface area (Å²) in [5.74, 6) is 0. The third-order valence-corrected chi connectivity index (χ3v) is 3.52. The van der Waals surface area contributed by atoms with Crippen molar-refractivity contribution in [2.75, 3.05) is 5.73 Å². The Hall–Kier alpha value is -2.81. The second kappa shape index (κ2) is 4.10. The van der Waals surface area contributed by atoms with Crippen LogP contribution in [0.25, 0.3) is 33.0 Å². The largest absolute Gasteiger partial charge is 0.424 e. The van der Waals surface area contributed by atoms with Gasteiger partial charge in [0.05, 0.1) is 0 Å². The van der Waals surface area contributed by atoms with Crippen molar-refractivity contribution >= 4 is 27.9 Å². The van der Waals surface area contributed by atoms with E-state index in [2.05, 4.69) is 35.3 Å². The summed E-state index contributed by atoms with van der Waals surface area (Å²) in [6, 6.07) is 20.7. The quantitative estimate of drug-likeness (QED) is 0.557. The van der Waals surface area contributed by atoms with Crippen molar-refractivity contribution < 1.29 is 4.42 Å². The van der Waals surface area contributed by atoms with Gasteiger partial charge in [0.25, 0.3) is 6.01 Å². The third-order valence-electron chi connectivity index (χ3n) is 3.52. The van der Waals surface area contributed by atoms with E-state index in [0.29, 0.717) is 5.58 Å². The van der Waals surface area contributed by atoms with Crippen LogP contribution in [0, 0.1) is 0 Å². The number of aromatic nitrogens is 1. The number of nitrogens with two attached hydrogens (primary N) is 1. The molecule has 3 aromatic carbocycles. The Morgan fingerprint density at radius 1 is 0.800 bits per heavy atom. The summed E-state index contributed by atoms with van der Waals surface area (Å²) in [5.41, 5.74) is 9.38. The number of hydrogen-bond acceptors (Lipinski definition) is 3. The van der Waals surface area contributed by atoms with Gasteiger partial charge in [-0.25, -0.2) is 0 Å². The number of para-hydroxylation sites is 1. The molecule has 0 aliphatic heterocycles. The number of benzene rings is 3. The minimum Gasteiger partial charge on any atom is -0.424 e. The Balaban J connectivity index is 2.11. The van der Waals surface area contributed by atoms with Crippen molar-refractivity contribution in [3.05, 3.63) is 60.7 Å². The zero-order valence-corrected chi connectivity index (χ0v) is 10.7. The maximum atomic E-state index is 5.67. The van der Waals surface area contributed by atoms with Crippen LogP contribution >= 0.6 is 0 Å². The number of anilines is 1. The van der Waals surface area contributed by atoms with Gasteiger partial charge in [-0.2, -0.15) is 4.98 Å². The molecule has 4 rings (SSSR count). The fourth-order valence-electron chi connectivity index (χ4n) is 2.64. The van der Waals surface area contributed by atoms with Crippen molar-refractivity contribution in [1.82, 2.24) is 4.98 Å². The molecule has 0 bridgehead atoms. The maximum absolute atomic E-state index is 5.67. The summed E-state index contributed by atoms with van der Waals surface area (Å²) in [4.78, 5) is 4.31. The average molecular weight is 260 g/mol. The van der Waals surface area contributed by atoms with Crippen molar-refractivity contribution in [2.24, 2.45) is 0 Å². The molecule has 4 aromatic rings. The number of nitrogens with zero attached hydrogens (tertiary/aromatic N) is 1. The first-order valence-corrected chi connectivity index (χ1v) is 6.46. The fourth-order valence-corrected chi connectivity index (χ4v) is 2.64. The van der Waals surface area contributed by atoms with Crippen molar-refractivity contribution in [1.29, 1.82) is 0 Å². The fraction of sp³-hybridized carbons (Fsp3) is 0. The van der Waals surface area contributed by atoms with Gasteiger partial charge in [0.2, 0.25) is 0 Å². The molecule has 0 fully saturated rings. The summed E-state index contributed by atoms with van der Waals surface area (Å²) in [5, 5.41) is 2.41. The smallest absolute Gasteiger partial charge is 0.293 e. The number of oxazole rings is 1. The van der Waals surface area contributed by atoms with Crippen LogP contribution in [-0.4, -0.2) is 4.98 Å². The van der Waals surface area contributed by atoms with Gasteiger partial charge in [-0.05, 0) is 22.4 Å². The normalized spacial score (nSPS) is 11.2. The van der Waals surface area contributed by atoms with E-state index in [1.54, 1.807) is 0 Å². The minimum atomic E-state index is 0.202. The molecule has 96 valence electrons. The van der Waals surface area contributed by atoms with Gasteiger partial charge in [-0.3, -0.25) is 0 Å². The monoisotopic (exact) mass is 260 g/mol. The van der Waals surface area contributed by atoms with Gasteiger partial charge >= 0.3 is 0 Å². The van der Waals surface area contributed by atoms with Crippen LogP contribution < -0.4 is 5.73 Å². The molecule has 0 radical (unpaired) electrons. The molecule has 3 heteroatoms. The van der Waals surface area contributed by atoms with Gasteiger partial charge in [-0.15, -0.1) is 0 Å². The molecule has 0 unspecified atom stereocenters. The van der Waals surface area contributed by atoms with Crippen LogP contribution in [0.1, 0.15) is 0 Å². The Morgan fingerprint density at radius 2 is 1.55 bits per heavy atom. The van der Waals surface area contributed by atoms with Gasteiger partial charge in [-0.1, -0.05) is 54.6 Å². The lowest BCUT2D eigenvalue weighted by Crippen LogP contribution is -1.84. The second-order valence-corrected chi connectivity index (χ2v) is 4.73. The predicted octanol–water partition coefficient (Wildman–Crippen LogP) is 4.23.